The number of benzene rings is 9. The van der Waals surface area contributed by atoms with Crippen molar-refractivity contribution in [2.24, 2.45) is 0 Å². The third kappa shape index (κ3) is 5.13. The molecule has 0 N–H and O–H groups in total. The van der Waals surface area contributed by atoms with Crippen LogP contribution in [0.2, 0.25) is 0 Å². The molecule has 0 aliphatic heterocycles. The first-order chi connectivity index (χ1) is 27.3. The first-order valence-corrected chi connectivity index (χ1v) is 18.7. The molecule has 0 aliphatic carbocycles. The van der Waals surface area contributed by atoms with Gasteiger partial charge in [0.05, 0.1) is 11.4 Å². The van der Waals surface area contributed by atoms with Gasteiger partial charge in [-0.05, 0) is 55.6 Å². The highest BCUT2D eigenvalue weighted by Crippen LogP contribution is 2.45. The predicted octanol–water partition coefficient (Wildman–Crippen LogP) is 14.2. The van der Waals surface area contributed by atoms with Crippen LogP contribution in [0, 0.1) is 0 Å². The Hall–Kier alpha value is -7.36. The Morgan fingerprint density at radius 2 is 0.709 bits per heavy atom. The standard InChI is InChI=1S/C52H32N2O/c1-3-15-33(16-4-1)47-32-48(34-17-5-2-6-18-34)54-52(53-47)36-20-11-19-35(31-36)37-25-12-29-45-46-30-14-28-44(51(46)55-50(37)45)43-27-13-26-42-40-22-8-7-21-38(40)39-23-9-10-24-41(39)49(42)43/h1-32H. The third-order valence-electron chi connectivity index (χ3n) is 10.9. The minimum atomic E-state index is 0.678. The second-order valence-electron chi connectivity index (χ2n) is 14.1. The zero-order chi connectivity index (χ0) is 36.3. The van der Waals surface area contributed by atoms with Crippen LogP contribution in [-0.2, 0) is 0 Å². The van der Waals surface area contributed by atoms with Crippen LogP contribution in [-0.4, -0.2) is 9.97 Å². The monoisotopic (exact) mass is 700 g/mol. The minimum absolute atomic E-state index is 0.678. The van der Waals surface area contributed by atoms with Crippen LogP contribution in [0.3, 0.4) is 0 Å². The lowest BCUT2D eigenvalue weighted by Crippen LogP contribution is -1.96. The largest absolute Gasteiger partial charge is 0.455 e. The van der Waals surface area contributed by atoms with E-state index in [1.165, 1.54) is 32.3 Å². The van der Waals surface area contributed by atoms with E-state index < -0.39 is 0 Å². The maximum atomic E-state index is 7.04. The molecule has 0 saturated heterocycles. The molecule has 0 fully saturated rings. The molecular formula is C52H32N2O. The summed E-state index contributed by atoms with van der Waals surface area (Å²) in [5.74, 6) is 0.678. The topological polar surface area (TPSA) is 38.9 Å². The fourth-order valence-electron chi connectivity index (χ4n) is 8.36. The van der Waals surface area contributed by atoms with E-state index in [1.54, 1.807) is 0 Å². The molecule has 9 aromatic carbocycles. The van der Waals surface area contributed by atoms with E-state index in [-0.39, 0.29) is 0 Å². The van der Waals surface area contributed by atoms with Crippen molar-refractivity contribution in [3.63, 3.8) is 0 Å². The fourth-order valence-corrected chi connectivity index (χ4v) is 8.36. The Morgan fingerprint density at radius 3 is 1.33 bits per heavy atom. The molecule has 11 rings (SSSR count). The van der Waals surface area contributed by atoms with Crippen molar-refractivity contribution in [1.82, 2.24) is 9.97 Å². The zero-order valence-corrected chi connectivity index (χ0v) is 29.8. The Morgan fingerprint density at radius 1 is 0.291 bits per heavy atom. The van der Waals surface area contributed by atoms with E-state index in [4.69, 9.17) is 14.4 Å². The highest BCUT2D eigenvalue weighted by molar-refractivity contribution is 6.29. The molecule has 55 heavy (non-hydrogen) atoms. The Labute approximate surface area is 317 Å². The lowest BCUT2D eigenvalue weighted by Gasteiger charge is -2.14. The summed E-state index contributed by atoms with van der Waals surface area (Å²) in [7, 11) is 0. The van der Waals surface area contributed by atoms with Gasteiger partial charge >= 0.3 is 0 Å². The number of fused-ring (bicyclic) bond motifs is 9. The molecule has 3 nitrogen and oxygen atoms in total. The number of nitrogens with zero attached hydrogens (tertiary/aromatic N) is 2. The second-order valence-corrected chi connectivity index (χ2v) is 14.1. The van der Waals surface area contributed by atoms with Crippen molar-refractivity contribution in [2.75, 3.05) is 0 Å². The van der Waals surface area contributed by atoms with Crippen LogP contribution >= 0.6 is 0 Å². The molecule has 2 aromatic heterocycles. The molecule has 0 radical (unpaired) electrons. The summed E-state index contributed by atoms with van der Waals surface area (Å²) in [5.41, 5.74) is 10.9. The van der Waals surface area contributed by atoms with Crippen LogP contribution in [0.5, 0.6) is 0 Å². The SMILES string of the molecule is c1ccc(-c2cc(-c3ccccc3)nc(-c3cccc(-c4cccc5c4oc4c(-c6cccc7c8ccccc8c8ccccc8c67)cccc45)c3)n2)cc1. The molecule has 11 aromatic rings. The van der Waals surface area contributed by atoms with E-state index in [1.807, 2.05) is 36.4 Å². The molecule has 0 amide bonds. The van der Waals surface area contributed by atoms with E-state index in [9.17, 15) is 0 Å². The number of para-hydroxylation sites is 2. The molecular weight excluding hydrogens is 669 g/mol. The molecule has 0 atom stereocenters. The number of rotatable bonds is 5. The maximum Gasteiger partial charge on any atom is 0.160 e. The molecule has 0 saturated carbocycles. The Kier molecular flexibility index (Phi) is 7.17. The Bertz CT molecular complexity index is 3150. The van der Waals surface area contributed by atoms with Gasteiger partial charge in [0.1, 0.15) is 11.2 Å². The first-order valence-electron chi connectivity index (χ1n) is 18.7. The van der Waals surface area contributed by atoms with Gasteiger partial charge in [-0.2, -0.15) is 0 Å². The molecule has 2 heterocycles. The summed E-state index contributed by atoms with van der Waals surface area (Å²) < 4.78 is 7.04. The van der Waals surface area contributed by atoms with Crippen LogP contribution in [0.25, 0.3) is 110 Å². The van der Waals surface area contributed by atoms with Crippen molar-refractivity contribution < 1.29 is 4.42 Å². The smallest absolute Gasteiger partial charge is 0.160 e. The van der Waals surface area contributed by atoms with Gasteiger partial charge in [0.25, 0.3) is 0 Å². The maximum absolute atomic E-state index is 7.04. The number of hydrogen-bond donors (Lipinski definition) is 0. The van der Waals surface area contributed by atoms with Crippen LogP contribution in [0.15, 0.2) is 199 Å². The summed E-state index contributed by atoms with van der Waals surface area (Å²) in [6, 6.07) is 68.3. The van der Waals surface area contributed by atoms with Crippen LogP contribution in [0.4, 0.5) is 0 Å². The normalized spacial score (nSPS) is 11.6. The summed E-state index contributed by atoms with van der Waals surface area (Å²) in [6.07, 6.45) is 0. The van der Waals surface area contributed by atoms with Gasteiger partial charge in [-0.1, -0.05) is 182 Å². The molecule has 256 valence electrons. The molecule has 0 bridgehead atoms. The van der Waals surface area contributed by atoms with Crippen molar-refractivity contribution >= 4 is 54.3 Å². The number of aromatic nitrogens is 2. The average Bonchev–Trinajstić information content (AvgIpc) is 3.66. The fraction of sp³-hybridized carbons (Fsp3) is 0. The minimum Gasteiger partial charge on any atom is -0.455 e. The van der Waals surface area contributed by atoms with Gasteiger partial charge in [-0.25, -0.2) is 9.97 Å². The predicted molar refractivity (Wildman–Crippen MR) is 229 cm³/mol. The lowest BCUT2D eigenvalue weighted by atomic mass is 9.89. The van der Waals surface area contributed by atoms with Gasteiger partial charge in [0.2, 0.25) is 0 Å². The summed E-state index contributed by atoms with van der Waals surface area (Å²) >= 11 is 0. The molecule has 3 heteroatoms. The Balaban J connectivity index is 1.09. The molecule has 0 spiro atoms. The van der Waals surface area contributed by atoms with E-state index in [2.05, 4.69) is 158 Å². The van der Waals surface area contributed by atoms with Crippen molar-refractivity contribution in [3.8, 4) is 56.2 Å². The summed E-state index contributed by atoms with van der Waals surface area (Å²) in [6.45, 7) is 0. The first kappa shape index (κ1) is 31.2. The van der Waals surface area contributed by atoms with Gasteiger partial charge < -0.3 is 4.42 Å². The lowest BCUT2D eigenvalue weighted by molar-refractivity contribution is 0.671. The van der Waals surface area contributed by atoms with Gasteiger partial charge in [0, 0.05) is 38.6 Å². The molecule has 0 unspecified atom stereocenters. The van der Waals surface area contributed by atoms with Crippen LogP contribution in [0.1, 0.15) is 0 Å². The van der Waals surface area contributed by atoms with Gasteiger partial charge in [-0.3, -0.25) is 0 Å². The van der Waals surface area contributed by atoms with Crippen molar-refractivity contribution in [3.05, 3.63) is 194 Å². The van der Waals surface area contributed by atoms with E-state index in [0.29, 0.717) is 5.82 Å². The molecule has 0 aliphatic rings. The zero-order valence-electron chi connectivity index (χ0n) is 29.8. The second kappa shape index (κ2) is 12.6. The quantitative estimate of drug-likeness (QED) is 0.168. The van der Waals surface area contributed by atoms with Gasteiger partial charge in [0.15, 0.2) is 5.82 Å². The van der Waals surface area contributed by atoms with Gasteiger partial charge in [-0.15, -0.1) is 0 Å². The van der Waals surface area contributed by atoms with E-state index >= 15 is 0 Å². The third-order valence-corrected chi connectivity index (χ3v) is 10.9. The van der Waals surface area contributed by atoms with E-state index in [0.717, 1.165) is 72.3 Å². The van der Waals surface area contributed by atoms with Crippen molar-refractivity contribution in [2.45, 2.75) is 0 Å². The number of hydrogen-bond acceptors (Lipinski definition) is 3. The highest BCUT2D eigenvalue weighted by atomic mass is 16.3. The van der Waals surface area contributed by atoms with Crippen molar-refractivity contribution in [1.29, 1.82) is 0 Å². The van der Waals surface area contributed by atoms with Crippen LogP contribution < -0.4 is 0 Å². The average molecular weight is 701 g/mol. The summed E-state index contributed by atoms with van der Waals surface area (Å²) in [4.78, 5) is 10.2. The highest BCUT2D eigenvalue weighted by Gasteiger charge is 2.19. The number of furan rings is 1. The summed E-state index contributed by atoms with van der Waals surface area (Å²) in [5, 5.41) is 9.69.